The molecule has 1 saturated heterocycles. The van der Waals surface area contributed by atoms with E-state index in [0.29, 0.717) is 17.6 Å². The third-order valence-electron chi connectivity index (χ3n) is 3.25. The van der Waals surface area contributed by atoms with Crippen LogP contribution >= 0.6 is 0 Å². The lowest BCUT2D eigenvalue weighted by atomic mass is 10.3. The number of aromatic nitrogens is 2. The molecule has 1 unspecified atom stereocenters. The van der Waals surface area contributed by atoms with E-state index in [-0.39, 0.29) is 5.91 Å². The number of hydrogen-bond acceptors (Lipinski definition) is 5. The van der Waals surface area contributed by atoms with Gasteiger partial charge in [0.05, 0.1) is 0 Å². The minimum atomic E-state index is -0.218. The molecule has 2 rings (SSSR count). The summed E-state index contributed by atoms with van der Waals surface area (Å²) in [6, 6.07) is 3.78. The molecule has 6 heteroatoms. The summed E-state index contributed by atoms with van der Waals surface area (Å²) >= 11 is 0. The maximum atomic E-state index is 11.3. The van der Waals surface area contributed by atoms with Gasteiger partial charge in [0.25, 0.3) is 5.91 Å². The van der Waals surface area contributed by atoms with Crippen LogP contribution in [0.1, 0.15) is 30.3 Å². The summed E-state index contributed by atoms with van der Waals surface area (Å²) in [6.07, 6.45) is 2.60. The molecular formula is C13H21N5O. The van der Waals surface area contributed by atoms with Crippen molar-refractivity contribution in [1.29, 1.82) is 0 Å². The number of likely N-dealkylation sites (tertiary alicyclic amines) is 1. The highest BCUT2D eigenvalue weighted by atomic mass is 16.1. The standard InChI is InChI=1S/C13H21N5O/c1-10(9-18-7-3-4-8-18)15-12-6-5-11(16-17-12)13(19)14-2/h5-6,10H,3-4,7-9H2,1-2H3,(H,14,19)(H,15,17). The SMILES string of the molecule is CNC(=O)c1ccc(NC(C)CN2CCCC2)nn1. The van der Waals surface area contributed by atoms with Crippen LogP contribution in [0.4, 0.5) is 5.82 Å². The van der Waals surface area contributed by atoms with Crippen molar-refractivity contribution in [2.45, 2.75) is 25.8 Å². The topological polar surface area (TPSA) is 70.2 Å². The lowest BCUT2D eigenvalue weighted by molar-refractivity contribution is 0.0957. The van der Waals surface area contributed by atoms with Crippen LogP contribution < -0.4 is 10.6 Å². The summed E-state index contributed by atoms with van der Waals surface area (Å²) in [7, 11) is 1.58. The molecule has 2 N–H and O–H groups in total. The molecule has 1 atom stereocenters. The zero-order valence-corrected chi connectivity index (χ0v) is 11.5. The van der Waals surface area contributed by atoms with Gasteiger partial charge in [-0.1, -0.05) is 0 Å². The van der Waals surface area contributed by atoms with Crippen molar-refractivity contribution >= 4 is 11.7 Å². The maximum Gasteiger partial charge on any atom is 0.271 e. The zero-order valence-electron chi connectivity index (χ0n) is 11.5. The number of nitrogens with one attached hydrogen (secondary N) is 2. The largest absolute Gasteiger partial charge is 0.365 e. The predicted octanol–water partition coefficient (Wildman–Crippen LogP) is 0.732. The van der Waals surface area contributed by atoms with E-state index in [9.17, 15) is 4.79 Å². The van der Waals surface area contributed by atoms with Crippen LogP contribution in [0.3, 0.4) is 0 Å². The van der Waals surface area contributed by atoms with Gasteiger partial charge in [-0.25, -0.2) is 0 Å². The molecular weight excluding hydrogens is 242 g/mol. The highest BCUT2D eigenvalue weighted by molar-refractivity contribution is 5.91. The first-order valence-corrected chi connectivity index (χ1v) is 6.73. The monoisotopic (exact) mass is 263 g/mol. The van der Waals surface area contributed by atoms with Gasteiger partial charge < -0.3 is 15.5 Å². The second kappa shape index (κ2) is 6.47. The fourth-order valence-electron chi connectivity index (χ4n) is 2.31. The van der Waals surface area contributed by atoms with E-state index in [1.807, 2.05) is 0 Å². The van der Waals surface area contributed by atoms with E-state index in [4.69, 9.17) is 0 Å². The van der Waals surface area contributed by atoms with Gasteiger partial charge in [-0.3, -0.25) is 4.79 Å². The lowest BCUT2D eigenvalue weighted by Gasteiger charge is -2.21. The van der Waals surface area contributed by atoms with Gasteiger partial charge in [-0.2, -0.15) is 0 Å². The molecule has 1 aliphatic heterocycles. The van der Waals surface area contributed by atoms with Gasteiger partial charge in [0.15, 0.2) is 5.69 Å². The molecule has 0 radical (unpaired) electrons. The van der Waals surface area contributed by atoms with Gasteiger partial charge in [0.1, 0.15) is 5.82 Å². The maximum absolute atomic E-state index is 11.3. The van der Waals surface area contributed by atoms with Crippen molar-refractivity contribution in [3.63, 3.8) is 0 Å². The Bertz CT molecular complexity index is 414. The Morgan fingerprint density at radius 2 is 2.11 bits per heavy atom. The van der Waals surface area contributed by atoms with E-state index in [1.54, 1.807) is 19.2 Å². The van der Waals surface area contributed by atoms with Gasteiger partial charge >= 0.3 is 0 Å². The highest BCUT2D eigenvalue weighted by Crippen LogP contribution is 2.10. The summed E-state index contributed by atoms with van der Waals surface area (Å²) in [4.78, 5) is 13.8. The molecule has 0 aliphatic carbocycles. The summed E-state index contributed by atoms with van der Waals surface area (Å²) in [5, 5.41) is 13.7. The quantitative estimate of drug-likeness (QED) is 0.819. The first kappa shape index (κ1) is 13.7. The number of rotatable bonds is 5. The van der Waals surface area contributed by atoms with Crippen LogP contribution in [0.5, 0.6) is 0 Å². The molecule has 0 saturated carbocycles. The predicted molar refractivity (Wildman–Crippen MR) is 74.2 cm³/mol. The minimum Gasteiger partial charge on any atom is -0.365 e. The van der Waals surface area contributed by atoms with E-state index >= 15 is 0 Å². The number of carbonyl (C=O) groups excluding carboxylic acids is 1. The van der Waals surface area contributed by atoms with E-state index < -0.39 is 0 Å². The molecule has 0 spiro atoms. The normalized spacial score (nSPS) is 17.2. The summed E-state index contributed by atoms with van der Waals surface area (Å²) in [5.41, 5.74) is 0.334. The second-order valence-corrected chi connectivity index (χ2v) is 4.94. The minimum absolute atomic E-state index is 0.218. The molecule has 1 aromatic heterocycles. The molecule has 0 aromatic carbocycles. The fourth-order valence-corrected chi connectivity index (χ4v) is 2.31. The van der Waals surface area contributed by atoms with Crippen molar-refractivity contribution in [2.24, 2.45) is 0 Å². The average Bonchev–Trinajstić information content (AvgIpc) is 2.91. The van der Waals surface area contributed by atoms with Crippen LogP contribution in [0.25, 0.3) is 0 Å². The molecule has 1 aromatic rings. The Morgan fingerprint density at radius 1 is 1.37 bits per heavy atom. The zero-order chi connectivity index (χ0) is 13.7. The first-order chi connectivity index (χ1) is 9.19. The Hall–Kier alpha value is -1.69. The van der Waals surface area contributed by atoms with Crippen LogP contribution in [0, 0.1) is 0 Å². The number of carbonyl (C=O) groups is 1. The van der Waals surface area contributed by atoms with Crippen molar-refractivity contribution in [2.75, 3.05) is 32.0 Å². The van der Waals surface area contributed by atoms with Gasteiger partial charge in [-0.05, 0) is 45.0 Å². The first-order valence-electron chi connectivity index (χ1n) is 6.73. The van der Waals surface area contributed by atoms with Gasteiger partial charge in [0, 0.05) is 19.6 Å². The molecule has 2 heterocycles. The van der Waals surface area contributed by atoms with Crippen molar-refractivity contribution in [1.82, 2.24) is 20.4 Å². The number of hydrogen-bond donors (Lipinski definition) is 2. The molecule has 104 valence electrons. The third-order valence-corrected chi connectivity index (χ3v) is 3.25. The van der Waals surface area contributed by atoms with Crippen LogP contribution in [0.2, 0.25) is 0 Å². The third kappa shape index (κ3) is 3.89. The van der Waals surface area contributed by atoms with Crippen molar-refractivity contribution in [3.8, 4) is 0 Å². The number of amides is 1. The lowest BCUT2D eigenvalue weighted by Crippen LogP contribution is -2.33. The second-order valence-electron chi connectivity index (χ2n) is 4.94. The van der Waals surface area contributed by atoms with Crippen LogP contribution in [-0.4, -0.2) is 53.7 Å². The van der Waals surface area contributed by atoms with E-state index in [2.05, 4.69) is 32.7 Å². The number of nitrogens with zero attached hydrogens (tertiary/aromatic N) is 3. The van der Waals surface area contributed by atoms with Gasteiger partial charge in [0.2, 0.25) is 0 Å². The van der Waals surface area contributed by atoms with Crippen molar-refractivity contribution in [3.05, 3.63) is 17.8 Å². The summed E-state index contributed by atoms with van der Waals surface area (Å²) in [5.74, 6) is 0.489. The molecule has 1 aliphatic rings. The summed E-state index contributed by atoms with van der Waals surface area (Å²) < 4.78 is 0. The van der Waals surface area contributed by atoms with E-state index in [0.717, 1.165) is 6.54 Å². The summed E-state index contributed by atoms with van der Waals surface area (Å²) in [6.45, 7) is 5.52. The molecule has 6 nitrogen and oxygen atoms in total. The van der Waals surface area contributed by atoms with Crippen LogP contribution in [0.15, 0.2) is 12.1 Å². The Balaban J connectivity index is 1.86. The smallest absolute Gasteiger partial charge is 0.271 e. The molecule has 1 fully saturated rings. The fraction of sp³-hybridized carbons (Fsp3) is 0.615. The average molecular weight is 263 g/mol. The Labute approximate surface area is 113 Å². The van der Waals surface area contributed by atoms with Crippen molar-refractivity contribution < 1.29 is 4.79 Å². The van der Waals surface area contributed by atoms with Gasteiger partial charge in [-0.15, -0.1) is 10.2 Å². The van der Waals surface area contributed by atoms with E-state index in [1.165, 1.54) is 25.9 Å². The highest BCUT2D eigenvalue weighted by Gasteiger charge is 2.15. The molecule has 1 amide bonds. The Kier molecular flexibility index (Phi) is 4.68. The molecule has 19 heavy (non-hydrogen) atoms. The number of anilines is 1. The Morgan fingerprint density at radius 3 is 2.68 bits per heavy atom. The molecule has 0 bridgehead atoms. The van der Waals surface area contributed by atoms with Crippen LogP contribution in [-0.2, 0) is 0 Å².